The van der Waals surface area contributed by atoms with Crippen molar-refractivity contribution in [2.24, 2.45) is 0 Å². The van der Waals surface area contributed by atoms with Gasteiger partial charge in [-0.25, -0.2) is 9.97 Å². The van der Waals surface area contributed by atoms with Gasteiger partial charge in [0.25, 0.3) is 5.69 Å². The van der Waals surface area contributed by atoms with Crippen LogP contribution in [-0.4, -0.2) is 14.9 Å². The SMILES string of the molecule is O=[N+]([O-])c1ccc(Oc2ncncc2Br)c2ccccc12. The smallest absolute Gasteiger partial charge is 0.277 e. The molecule has 6 nitrogen and oxygen atoms in total. The minimum atomic E-state index is -0.410. The molecule has 0 radical (unpaired) electrons. The Morgan fingerprint density at radius 1 is 1.14 bits per heavy atom. The van der Waals surface area contributed by atoms with Crippen molar-refractivity contribution in [3.05, 3.63) is 63.5 Å². The number of nitrogens with zero attached hydrogens (tertiary/aromatic N) is 3. The molecule has 0 spiro atoms. The summed E-state index contributed by atoms with van der Waals surface area (Å²) in [6, 6.07) is 10.00. The van der Waals surface area contributed by atoms with Crippen LogP contribution in [0.1, 0.15) is 0 Å². The molecule has 0 amide bonds. The third kappa shape index (κ3) is 2.55. The third-order valence-electron chi connectivity index (χ3n) is 2.90. The van der Waals surface area contributed by atoms with E-state index in [9.17, 15) is 10.1 Å². The molecule has 0 saturated carbocycles. The van der Waals surface area contributed by atoms with E-state index < -0.39 is 4.92 Å². The highest BCUT2D eigenvalue weighted by molar-refractivity contribution is 9.10. The summed E-state index contributed by atoms with van der Waals surface area (Å²) in [7, 11) is 0. The van der Waals surface area contributed by atoms with E-state index >= 15 is 0 Å². The predicted molar refractivity (Wildman–Crippen MR) is 80.4 cm³/mol. The molecule has 3 rings (SSSR count). The van der Waals surface area contributed by atoms with Gasteiger partial charge in [-0.2, -0.15) is 0 Å². The lowest BCUT2D eigenvalue weighted by Gasteiger charge is -2.09. The van der Waals surface area contributed by atoms with Gasteiger partial charge < -0.3 is 4.74 Å². The number of fused-ring (bicyclic) bond motifs is 1. The van der Waals surface area contributed by atoms with Crippen LogP contribution >= 0.6 is 15.9 Å². The Balaban J connectivity index is 2.14. The van der Waals surface area contributed by atoms with E-state index in [1.165, 1.54) is 12.4 Å². The Kier molecular flexibility index (Phi) is 3.49. The first-order valence-electron chi connectivity index (χ1n) is 5.96. The lowest BCUT2D eigenvalue weighted by molar-refractivity contribution is -0.383. The van der Waals surface area contributed by atoms with Crippen molar-refractivity contribution in [3.63, 3.8) is 0 Å². The van der Waals surface area contributed by atoms with E-state index in [4.69, 9.17) is 4.74 Å². The number of nitro benzene ring substituents is 1. The summed E-state index contributed by atoms with van der Waals surface area (Å²) < 4.78 is 6.34. The number of benzene rings is 2. The fraction of sp³-hybridized carbons (Fsp3) is 0. The topological polar surface area (TPSA) is 78.2 Å². The number of ether oxygens (including phenoxy) is 1. The van der Waals surface area contributed by atoms with Gasteiger partial charge in [-0.05, 0) is 28.1 Å². The highest BCUT2D eigenvalue weighted by Crippen LogP contribution is 2.36. The molecular weight excluding hydrogens is 338 g/mol. The number of nitro groups is 1. The fourth-order valence-corrected chi connectivity index (χ4v) is 2.29. The van der Waals surface area contributed by atoms with Crippen LogP contribution in [0.5, 0.6) is 11.6 Å². The molecule has 0 aliphatic rings. The molecule has 21 heavy (non-hydrogen) atoms. The van der Waals surface area contributed by atoms with Gasteiger partial charge in [0.1, 0.15) is 12.1 Å². The second-order valence-corrected chi connectivity index (χ2v) is 5.02. The summed E-state index contributed by atoms with van der Waals surface area (Å²) in [6.45, 7) is 0. The lowest BCUT2D eigenvalue weighted by atomic mass is 10.1. The van der Waals surface area contributed by atoms with Crippen LogP contribution in [0.2, 0.25) is 0 Å². The summed E-state index contributed by atoms with van der Waals surface area (Å²) in [4.78, 5) is 18.5. The van der Waals surface area contributed by atoms with Crippen molar-refractivity contribution in [2.75, 3.05) is 0 Å². The van der Waals surface area contributed by atoms with E-state index in [-0.39, 0.29) is 5.69 Å². The highest BCUT2D eigenvalue weighted by Gasteiger charge is 2.15. The summed E-state index contributed by atoms with van der Waals surface area (Å²) >= 11 is 3.30. The quantitative estimate of drug-likeness (QED) is 0.527. The average molecular weight is 346 g/mol. The van der Waals surface area contributed by atoms with Crippen LogP contribution in [0.15, 0.2) is 53.4 Å². The molecular formula is C14H8BrN3O3. The van der Waals surface area contributed by atoms with Gasteiger partial charge >= 0.3 is 0 Å². The molecule has 7 heteroatoms. The summed E-state index contributed by atoms with van der Waals surface area (Å²) in [5.41, 5.74) is 0.0414. The molecule has 0 unspecified atom stereocenters. The van der Waals surface area contributed by atoms with Gasteiger partial charge in [0.15, 0.2) is 0 Å². The zero-order valence-electron chi connectivity index (χ0n) is 10.6. The Morgan fingerprint density at radius 2 is 1.90 bits per heavy atom. The molecule has 3 aromatic rings. The van der Waals surface area contributed by atoms with Crippen molar-refractivity contribution >= 4 is 32.4 Å². The van der Waals surface area contributed by atoms with Crippen LogP contribution in [0.25, 0.3) is 10.8 Å². The number of hydrogen-bond donors (Lipinski definition) is 0. The third-order valence-corrected chi connectivity index (χ3v) is 3.44. The van der Waals surface area contributed by atoms with E-state index in [0.717, 1.165) is 0 Å². The fourth-order valence-electron chi connectivity index (χ4n) is 1.98. The first kappa shape index (κ1) is 13.4. The molecule has 0 fully saturated rings. The maximum absolute atomic E-state index is 11.1. The largest absolute Gasteiger partial charge is 0.437 e. The monoisotopic (exact) mass is 345 g/mol. The van der Waals surface area contributed by atoms with Crippen LogP contribution < -0.4 is 4.74 Å². The van der Waals surface area contributed by atoms with Gasteiger partial charge in [0.05, 0.1) is 14.8 Å². The molecule has 0 aliphatic heterocycles. The van der Waals surface area contributed by atoms with Gasteiger partial charge in [0.2, 0.25) is 5.88 Å². The zero-order chi connectivity index (χ0) is 14.8. The lowest BCUT2D eigenvalue weighted by Crippen LogP contribution is -1.94. The van der Waals surface area contributed by atoms with E-state index in [1.54, 1.807) is 36.5 Å². The van der Waals surface area contributed by atoms with E-state index in [2.05, 4.69) is 25.9 Å². The van der Waals surface area contributed by atoms with Crippen LogP contribution in [0.3, 0.4) is 0 Å². The first-order chi connectivity index (χ1) is 10.2. The molecule has 1 heterocycles. The van der Waals surface area contributed by atoms with Crippen LogP contribution in [-0.2, 0) is 0 Å². The van der Waals surface area contributed by atoms with Gasteiger partial charge in [-0.3, -0.25) is 10.1 Å². The van der Waals surface area contributed by atoms with Crippen molar-refractivity contribution < 1.29 is 9.66 Å². The standard InChI is InChI=1S/C14H8BrN3O3/c15-11-7-16-8-17-14(11)21-13-6-5-12(18(19)20)9-3-1-2-4-10(9)13/h1-8H. The van der Waals surface area contributed by atoms with Crippen LogP contribution in [0.4, 0.5) is 5.69 Å². The molecule has 2 aromatic carbocycles. The molecule has 1 aromatic heterocycles. The zero-order valence-corrected chi connectivity index (χ0v) is 12.1. The van der Waals surface area contributed by atoms with E-state index in [1.807, 2.05) is 0 Å². The summed E-state index contributed by atoms with van der Waals surface area (Å²) in [6.07, 6.45) is 2.93. The number of rotatable bonds is 3. The first-order valence-corrected chi connectivity index (χ1v) is 6.75. The Bertz CT molecular complexity index is 839. The summed E-state index contributed by atoms with van der Waals surface area (Å²) in [5.74, 6) is 0.847. The van der Waals surface area contributed by atoms with Crippen LogP contribution in [0, 0.1) is 10.1 Å². The molecule has 0 aliphatic carbocycles. The number of non-ortho nitro benzene ring substituents is 1. The minimum absolute atomic E-state index is 0.0414. The molecule has 0 N–H and O–H groups in total. The Hall–Kier alpha value is -2.54. The molecule has 0 bridgehead atoms. The van der Waals surface area contributed by atoms with E-state index in [0.29, 0.717) is 26.9 Å². The second-order valence-electron chi connectivity index (χ2n) is 4.16. The maximum Gasteiger partial charge on any atom is 0.277 e. The molecule has 0 atom stereocenters. The predicted octanol–water partition coefficient (Wildman–Crippen LogP) is 4.09. The molecule has 0 saturated heterocycles. The number of hydrogen-bond acceptors (Lipinski definition) is 5. The highest BCUT2D eigenvalue weighted by atomic mass is 79.9. The minimum Gasteiger partial charge on any atom is -0.437 e. The second kappa shape index (κ2) is 5.45. The molecule has 104 valence electrons. The maximum atomic E-state index is 11.1. The van der Waals surface area contributed by atoms with Crippen molar-refractivity contribution in [1.82, 2.24) is 9.97 Å². The normalized spacial score (nSPS) is 10.5. The van der Waals surface area contributed by atoms with Crippen molar-refractivity contribution in [2.45, 2.75) is 0 Å². The van der Waals surface area contributed by atoms with Crippen molar-refractivity contribution in [3.8, 4) is 11.6 Å². The number of aromatic nitrogens is 2. The Morgan fingerprint density at radius 3 is 2.62 bits per heavy atom. The van der Waals surface area contributed by atoms with Gasteiger partial charge in [-0.15, -0.1) is 0 Å². The number of halogens is 1. The summed E-state index contributed by atoms with van der Waals surface area (Å²) in [5, 5.41) is 12.2. The van der Waals surface area contributed by atoms with Gasteiger partial charge in [-0.1, -0.05) is 18.2 Å². The Labute approximate surface area is 127 Å². The van der Waals surface area contributed by atoms with Crippen molar-refractivity contribution in [1.29, 1.82) is 0 Å². The van der Waals surface area contributed by atoms with Gasteiger partial charge in [0, 0.05) is 17.6 Å². The average Bonchev–Trinajstić information content (AvgIpc) is 2.49.